The molecule has 3 aromatic heterocycles. The minimum atomic E-state index is 0.0880. The summed E-state index contributed by atoms with van der Waals surface area (Å²) < 4.78 is 3.94. The fourth-order valence-electron chi connectivity index (χ4n) is 3.50. The highest BCUT2D eigenvalue weighted by molar-refractivity contribution is 6.08. The van der Waals surface area contributed by atoms with E-state index in [1.807, 2.05) is 31.6 Å². The molecule has 0 aliphatic heterocycles. The molecule has 0 aliphatic carbocycles. The molecule has 5 nitrogen and oxygen atoms in total. The van der Waals surface area contributed by atoms with Gasteiger partial charge in [0.05, 0.1) is 11.2 Å². The average molecular weight is 332 g/mol. The predicted molar refractivity (Wildman–Crippen MR) is 99.1 cm³/mol. The van der Waals surface area contributed by atoms with Crippen LogP contribution in [-0.4, -0.2) is 24.9 Å². The SMILES string of the molecule is CCn1cc(C(C)=O)c2cc(-c3cnc4cc(C)nn4c3)cc(C)c21. The van der Waals surface area contributed by atoms with Crippen LogP contribution in [0, 0.1) is 13.8 Å². The number of aromatic nitrogens is 4. The van der Waals surface area contributed by atoms with E-state index in [1.54, 1.807) is 11.4 Å². The summed E-state index contributed by atoms with van der Waals surface area (Å²) >= 11 is 0. The van der Waals surface area contributed by atoms with Gasteiger partial charge in [-0.15, -0.1) is 0 Å². The second kappa shape index (κ2) is 5.55. The lowest BCUT2D eigenvalue weighted by Gasteiger charge is -2.08. The van der Waals surface area contributed by atoms with Gasteiger partial charge in [-0.1, -0.05) is 0 Å². The minimum absolute atomic E-state index is 0.0880. The number of Topliss-reactive ketones (excluding diaryl/α,β-unsaturated/α-hetero) is 1. The van der Waals surface area contributed by atoms with Gasteiger partial charge in [-0.2, -0.15) is 5.10 Å². The van der Waals surface area contributed by atoms with Crippen LogP contribution in [0.3, 0.4) is 0 Å². The molecule has 0 saturated carbocycles. The summed E-state index contributed by atoms with van der Waals surface area (Å²) in [4.78, 5) is 16.6. The van der Waals surface area contributed by atoms with Crippen LogP contribution < -0.4 is 0 Å². The third-order valence-corrected chi connectivity index (χ3v) is 4.65. The van der Waals surface area contributed by atoms with Crippen LogP contribution >= 0.6 is 0 Å². The molecule has 25 heavy (non-hydrogen) atoms. The number of ketones is 1. The molecule has 0 aliphatic rings. The fourth-order valence-corrected chi connectivity index (χ4v) is 3.50. The van der Waals surface area contributed by atoms with Crippen LogP contribution in [-0.2, 0) is 6.54 Å². The fraction of sp³-hybridized carbons (Fsp3) is 0.250. The highest BCUT2D eigenvalue weighted by Crippen LogP contribution is 2.31. The molecule has 5 heteroatoms. The molecule has 126 valence electrons. The van der Waals surface area contributed by atoms with E-state index in [2.05, 4.69) is 40.6 Å². The first kappa shape index (κ1) is 15.6. The minimum Gasteiger partial charge on any atom is -0.347 e. The Morgan fingerprint density at radius 3 is 2.64 bits per heavy atom. The van der Waals surface area contributed by atoms with Crippen LogP contribution in [0.1, 0.15) is 35.5 Å². The highest BCUT2D eigenvalue weighted by Gasteiger charge is 2.15. The maximum absolute atomic E-state index is 12.1. The molecule has 0 amide bonds. The first-order valence-electron chi connectivity index (χ1n) is 8.44. The number of benzene rings is 1. The van der Waals surface area contributed by atoms with Crippen molar-refractivity contribution < 1.29 is 4.79 Å². The molecule has 0 spiro atoms. The standard InChI is InChI=1S/C20H20N4O/c1-5-23-11-18(14(4)25)17-8-15(6-12(2)20(17)23)16-9-21-19-7-13(3)22-24(19)10-16/h6-11H,5H2,1-4H3. The van der Waals surface area contributed by atoms with Gasteiger partial charge in [-0.05, 0) is 51.0 Å². The van der Waals surface area contributed by atoms with Crippen molar-refractivity contribution in [2.45, 2.75) is 34.2 Å². The Morgan fingerprint density at radius 1 is 1.12 bits per heavy atom. The van der Waals surface area contributed by atoms with Crippen molar-refractivity contribution in [3.63, 3.8) is 0 Å². The van der Waals surface area contributed by atoms with Gasteiger partial charge in [0, 0.05) is 47.7 Å². The first-order valence-corrected chi connectivity index (χ1v) is 8.44. The molecule has 0 fully saturated rings. The summed E-state index contributed by atoms with van der Waals surface area (Å²) in [5, 5.41) is 5.44. The van der Waals surface area contributed by atoms with E-state index in [0.717, 1.165) is 51.0 Å². The molecule has 1 aromatic carbocycles. The van der Waals surface area contributed by atoms with Gasteiger partial charge < -0.3 is 4.57 Å². The first-order chi connectivity index (χ1) is 12.0. The van der Waals surface area contributed by atoms with E-state index in [4.69, 9.17) is 0 Å². The lowest BCUT2D eigenvalue weighted by atomic mass is 10.0. The number of carbonyl (C=O) groups excluding carboxylic acids is 1. The Bertz CT molecular complexity index is 1130. The number of hydrogen-bond acceptors (Lipinski definition) is 3. The van der Waals surface area contributed by atoms with E-state index in [1.165, 1.54) is 0 Å². The van der Waals surface area contributed by atoms with Crippen molar-refractivity contribution in [3.05, 3.63) is 53.6 Å². The molecule has 0 saturated heterocycles. The molecule has 0 N–H and O–H groups in total. The Morgan fingerprint density at radius 2 is 1.92 bits per heavy atom. The normalized spacial score (nSPS) is 11.5. The second-order valence-electron chi connectivity index (χ2n) is 6.51. The van der Waals surface area contributed by atoms with Crippen LogP contribution in [0.15, 0.2) is 36.8 Å². The van der Waals surface area contributed by atoms with Gasteiger partial charge in [-0.25, -0.2) is 9.50 Å². The third kappa shape index (κ3) is 2.43. The summed E-state index contributed by atoms with van der Waals surface area (Å²) in [6.07, 6.45) is 5.81. The topological polar surface area (TPSA) is 52.2 Å². The van der Waals surface area contributed by atoms with Crippen molar-refractivity contribution in [2.24, 2.45) is 0 Å². The van der Waals surface area contributed by atoms with Crippen molar-refractivity contribution >= 4 is 22.3 Å². The molecule has 4 rings (SSSR count). The lowest BCUT2D eigenvalue weighted by molar-refractivity contribution is 0.101. The molecular formula is C20H20N4O. The van der Waals surface area contributed by atoms with Crippen molar-refractivity contribution in [1.82, 2.24) is 19.2 Å². The molecule has 0 atom stereocenters. The van der Waals surface area contributed by atoms with E-state index in [9.17, 15) is 4.79 Å². The quantitative estimate of drug-likeness (QED) is 0.529. The summed E-state index contributed by atoms with van der Waals surface area (Å²) in [5.41, 5.74) is 6.85. The van der Waals surface area contributed by atoms with Crippen LogP contribution in [0.2, 0.25) is 0 Å². The Kier molecular flexibility index (Phi) is 3.46. The Balaban J connectivity index is 1.97. The van der Waals surface area contributed by atoms with E-state index in [0.29, 0.717) is 0 Å². The van der Waals surface area contributed by atoms with Crippen LogP contribution in [0.5, 0.6) is 0 Å². The number of rotatable bonds is 3. The average Bonchev–Trinajstić information content (AvgIpc) is 3.13. The second-order valence-corrected chi connectivity index (χ2v) is 6.51. The summed E-state index contributed by atoms with van der Waals surface area (Å²) in [6.45, 7) is 8.60. The summed E-state index contributed by atoms with van der Waals surface area (Å²) in [5.74, 6) is 0.0880. The number of fused-ring (bicyclic) bond motifs is 2. The van der Waals surface area contributed by atoms with Gasteiger partial charge in [0.25, 0.3) is 0 Å². The van der Waals surface area contributed by atoms with Crippen LogP contribution in [0.4, 0.5) is 0 Å². The van der Waals surface area contributed by atoms with E-state index < -0.39 is 0 Å². The van der Waals surface area contributed by atoms with Crippen molar-refractivity contribution in [2.75, 3.05) is 0 Å². The maximum Gasteiger partial charge on any atom is 0.161 e. The van der Waals surface area contributed by atoms with Crippen LogP contribution in [0.25, 0.3) is 27.7 Å². The number of carbonyl (C=O) groups is 1. The maximum atomic E-state index is 12.1. The zero-order valence-corrected chi connectivity index (χ0v) is 14.9. The predicted octanol–water partition coefficient (Wildman–Crippen LogP) is 4.19. The molecule has 3 heterocycles. The van der Waals surface area contributed by atoms with E-state index >= 15 is 0 Å². The third-order valence-electron chi connectivity index (χ3n) is 4.65. The van der Waals surface area contributed by atoms with Gasteiger partial charge in [0.15, 0.2) is 11.4 Å². The molecular weight excluding hydrogens is 312 g/mol. The zero-order chi connectivity index (χ0) is 17.7. The summed E-state index contributed by atoms with van der Waals surface area (Å²) in [7, 11) is 0. The highest BCUT2D eigenvalue weighted by atomic mass is 16.1. The van der Waals surface area contributed by atoms with Gasteiger partial charge in [0.2, 0.25) is 0 Å². The molecule has 0 unspecified atom stereocenters. The van der Waals surface area contributed by atoms with Gasteiger partial charge >= 0.3 is 0 Å². The number of hydrogen-bond donors (Lipinski definition) is 0. The van der Waals surface area contributed by atoms with Gasteiger partial charge in [-0.3, -0.25) is 4.79 Å². The molecule has 0 radical (unpaired) electrons. The van der Waals surface area contributed by atoms with Crippen molar-refractivity contribution in [3.8, 4) is 11.1 Å². The van der Waals surface area contributed by atoms with Gasteiger partial charge in [0.1, 0.15) is 0 Å². The monoisotopic (exact) mass is 332 g/mol. The summed E-state index contributed by atoms with van der Waals surface area (Å²) in [6, 6.07) is 6.19. The van der Waals surface area contributed by atoms with E-state index in [-0.39, 0.29) is 5.78 Å². The number of nitrogens with zero attached hydrogens (tertiary/aromatic N) is 4. The largest absolute Gasteiger partial charge is 0.347 e. The zero-order valence-electron chi connectivity index (χ0n) is 14.9. The Labute approximate surface area is 145 Å². The molecule has 4 aromatic rings. The Hall–Kier alpha value is -2.95. The number of aryl methyl sites for hydroxylation is 3. The molecule has 0 bridgehead atoms. The lowest BCUT2D eigenvalue weighted by Crippen LogP contribution is -1.95. The van der Waals surface area contributed by atoms with Crippen molar-refractivity contribution in [1.29, 1.82) is 0 Å². The smallest absolute Gasteiger partial charge is 0.161 e.